The molecule has 2 heterocycles. The molecule has 0 saturated carbocycles. The molecule has 4 rings (SSSR count). The average Bonchev–Trinajstić information content (AvgIpc) is 3.37. The van der Waals surface area contributed by atoms with Crippen LogP contribution < -0.4 is 10.6 Å². The molecular weight excluding hydrogens is 396 g/mol. The summed E-state index contributed by atoms with van der Waals surface area (Å²) in [5.74, 6) is -0.362. The summed E-state index contributed by atoms with van der Waals surface area (Å²) in [7, 11) is 0. The fraction of sp³-hybridized carbons (Fsp3) is 0.333. The van der Waals surface area contributed by atoms with Crippen molar-refractivity contribution in [2.45, 2.75) is 38.9 Å². The van der Waals surface area contributed by atoms with E-state index in [1.54, 1.807) is 9.36 Å². The topological polar surface area (TPSA) is 120 Å². The zero-order chi connectivity index (χ0) is 21.6. The highest BCUT2D eigenvalue weighted by molar-refractivity contribution is 5.81. The Bertz CT molecular complexity index is 1200. The summed E-state index contributed by atoms with van der Waals surface area (Å²) in [5, 5.41) is 22.1. The predicted octanol–water partition coefficient (Wildman–Crippen LogP) is 1.28. The van der Waals surface area contributed by atoms with Gasteiger partial charge in [-0.1, -0.05) is 48.0 Å². The van der Waals surface area contributed by atoms with Gasteiger partial charge in [0.2, 0.25) is 11.8 Å². The second-order valence-corrected chi connectivity index (χ2v) is 7.33. The minimum atomic E-state index is -0.187. The third-order valence-corrected chi connectivity index (χ3v) is 4.98. The number of hydrogen-bond acceptors (Lipinski definition) is 6. The third kappa shape index (κ3) is 4.85. The number of aromatic nitrogens is 6. The molecule has 0 aliphatic carbocycles. The molecule has 2 aromatic carbocycles. The number of amides is 2. The van der Waals surface area contributed by atoms with E-state index in [0.717, 1.165) is 34.9 Å². The summed E-state index contributed by atoms with van der Waals surface area (Å²) in [4.78, 5) is 25.0. The Morgan fingerprint density at radius 1 is 0.871 bits per heavy atom. The molecule has 0 radical (unpaired) electrons. The molecule has 1 atom stereocenters. The van der Waals surface area contributed by atoms with Crippen LogP contribution in [0.15, 0.2) is 48.5 Å². The van der Waals surface area contributed by atoms with Crippen molar-refractivity contribution in [2.24, 2.45) is 0 Å². The first-order valence-electron chi connectivity index (χ1n) is 10.3. The molecular formula is C21H24N8O2. The Hall–Kier alpha value is -3.82. The number of carbonyl (C=O) groups is 2. The first-order chi connectivity index (χ1) is 15.1. The summed E-state index contributed by atoms with van der Waals surface area (Å²) in [6.07, 6.45) is 1.62. The van der Waals surface area contributed by atoms with Gasteiger partial charge < -0.3 is 10.6 Å². The van der Waals surface area contributed by atoms with Crippen LogP contribution in [0.3, 0.4) is 0 Å². The highest BCUT2D eigenvalue weighted by atomic mass is 16.2. The molecule has 2 N–H and O–H groups in total. The van der Waals surface area contributed by atoms with Crippen LogP contribution in [0.4, 0.5) is 0 Å². The van der Waals surface area contributed by atoms with Crippen molar-refractivity contribution >= 4 is 33.9 Å². The van der Waals surface area contributed by atoms with Crippen LogP contribution in [-0.4, -0.2) is 54.4 Å². The van der Waals surface area contributed by atoms with E-state index in [4.69, 9.17) is 0 Å². The van der Waals surface area contributed by atoms with E-state index in [-0.39, 0.29) is 30.9 Å². The largest absolute Gasteiger partial charge is 0.352 e. The Balaban J connectivity index is 1.32. The highest BCUT2D eigenvalue weighted by Gasteiger charge is 2.16. The van der Waals surface area contributed by atoms with E-state index < -0.39 is 0 Å². The van der Waals surface area contributed by atoms with Gasteiger partial charge in [-0.2, -0.15) is 0 Å². The molecule has 0 aliphatic rings. The lowest BCUT2D eigenvalue weighted by molar-refractivity contribution is -0.124. The first kappa shape index (κ1) is 20.5. The van der Waals surface area contributed by atoms with Gasteiger partial charge >= 0.3 is 0 Å². The molecule has 10 nitrogen and oxygen atoms in total. The van der Waals surface area contributed by atoms with Gasteiger partial charge in [0.15, 0.2) is 0 Å². The second-order valence-electron chi connectivity index (χ2n) is 7.33. The highest BCUT2D eigenvalue weighted by Crippen LogP contribution is 2.10. The summed E-state index contributed by atoms with van der Waals surface area (Å²) in [5.41, 5.74) is 3.09. The normalized spacial score (nSPS) is 12.2. The molecule has 160 valence electrons. The number of nitrogens with zero attached hydrogens (tertiary/aromatic N) is 6. The fourth-order valence-corrected chi connectivity index (χ4v) is 3.48. The predicted molar refractivity (Wildman–Crippen MR) is 115 cm³/mol. The van der Waals surface area contributed by atoms with Crippen LogP contribution in [0.5, 0.6) is 0 Å². The molecule has 31 heavy (non-hydrogen) atoms. The van der Waals surface area contributed by atoms with Crippen molar-refractivity contribution in [3.8, 4) is 0 Å². The van der Waals surface area contributed by atoms with Crippen molar-refractivity contribution in [3.05, 3.63) is 48.5 Å². The minimum absolute atomic E-state index is 0.0677. The number of rotatable bonds is 9. The zero-order valence-electron chi connectivity index (χ0n) is 17.2. The minimum Gasteiger partial charge on any atom is -0.352 e. The maximum atomic E-state index is 12.6. The van der Waals surface area contributed by atoms with Crippen molar-refractivity contribution in [1.29, 1.82) is 0 Å². The molecule has 1 unspecified atom stereocenters. The number of benzene rings is 2. The van der Waals surface area contributed by atoms with E-state index in [2.05, 4.69) is 31.3 Å². The Labute approximate surface area is 178 Å². The van der Waals surface area contributed by atoms with E-state index in [9.17, 15) is 9.59 Å². The number of para-hydroxylation sites is 2. The van der Waals surface area contributed by atoms with Gasteiger partial charge in [-0.3, -0.25) is 9.59 Å². The Morgan fingerprint density at radius 3 is 2.00 bits per heavy atom. The average molecular weight is 420 g/mol. The molecule has 0 saturated heterocycles. The number of hydrogen-bond donors (Lipinski definition) is 2. The van der Waals surface area contributed by atoms with Gasteiger partial charge in [0.05, 0.1) is 11.0 Å². The van der Waals surface area contributed by atoms with E-state index in [1.807, 2.05) is 55.5 Å². The van der Waals surface area contributed by atoms with Crippen LogP contribution in [0.2, 0.25) is 0 Å². The van der Waals surface area contributed by atoms with Gasteiger partial charge in [0.25, 0.3) is 0 Å². The second kappa shape index (κ2) is 9.33. The lowest BCUT2D eigenvalue weighted by Crippen LogP contribution is -2.45. The first-order valence-corrected chi connectivity index (χ1v) is 10.3. The summed E-state index contributed by atoms with van der Waals surface area (Å²) < 4.78 is 3.13. The molecule has 0 fully saturated rings. The van der Waals surface area contributed by atoms with Crippen molar-refractivity contribution in [1.82, 2.24) is 40.6 Å². The SMILES string of the molecule is CCCC(CNC(=O)Cn1nnc2ccccc21)NC(=O)Cn1nnc2ccccc21. The van der Waals surface area contributed by atoms with Crippen LogP contribution >= 0.6 is 0 Å². The van der Waals surface area contributed by atoms with Crippen LogP contribution in [0, 0.1) is 0 Å². The summed E-state index contributed by atoms with van der Waals surface area (Å²) in [6.45, 7) is 2.51. The standard InChI is InChI=1S/C21H24N8O2/c1-2-7-15(23-21(31)14-29-19-11-6-4-9-17(19)25-27-29)12-22-20(30)13-28-18-10-5-3-8-16(18)24-26-28/h3-6,8-11,15H,2,7,12-14H2,1H3,(H,22,30)(H,23,31). The smallest absolute Gasteiger partial charge is 0.242 e. The third-order valence-electron chi connectivity index (χ3n) is 4.98. The fourth-order valence-electron chi connectivity index (χ4n) is 3.48. The van der Waals surface area contributed by atoms with Gasteiger partial charge in [0, 0.05) is 12.6 Å². The van der Waals surface area contributed by atoms with Gasteiger partial charge in [-0.25, -0.2) is 9.36 Å². The van der Waals surface area contributed by atoms with E-state index >= 15 is 0 Å². The Kier molecular flexibility index (Phi) is 6.16. The molecule has 0 spiro atoms. The lowest BCUT2D eigenvalue weighted by atomic mass is 10.1. The number of fused-ring (bicyclic) bond motifs is 2. The quantitative estimate of drug-likeness (QED) is 0.421. The lowest BCUT2D eigenvalue weighted by Gasteiger charge is -2.19. The maximum Gasteiger partial charge on any atom is 0.242 e. The maximum absolute atomic E-state index is 12.6. The molecule has 0 aliphatic heterocycles. The van der Waals surface area contributed by atoms with Crippen LogP contribution in [0.25, 0.3) is 22.1 Å². The number of carbonyl (C=O) groups excluding carboxylic acids is 2. The zero-order valence-corrected chi connectivity index (χ0v) is 17.2. The monoisotopic (exact) mass is 420 g/mol. The van der Waals surface area contributed by atoms with Gasteiger partial charge in [-0.15, -0.1) is 10.2 Å². The molecule has 2 aromatic heterocycles. The Morgan fingerprint density at radius 2 is 1.42 bits per heavy atom. The van der Waals surface area contributed by atoms with Crippen molar-refractivity contribution in [2.75, 3.05) is 6.54 Å². The number of nitrogens with one attached hydrogen (secondary N) is 2. The van der Waals surface area contributed by atoms with Gasteiger partial charge in [-0.05, 0) is 30.7 Å². The molecule has 0 bridgehead atoms. The molecule has 4 aromatic rings. The van der Waals surface area contributed by atoms with Crippen LogP contribution in [0.1, 0.15) is 19.8 Å². The molecule has 10 heteroatoms. The summed E-state index contributed by atoms with van der Waals surface area (Å²) >= 11 is 0. The van der Waals surface area contributed by atoms with Crippen molar-refractivity contribution in [3.63, 3.8) is 0 Å². The van der Waals surface area contributed by atoms with Gasteiger partial charge in [0.1, 0.15) is 24.1 Å². The van der Waals surface area contributed by atoms with E-state index in [0.29, 0.717) is 6.54 Å². The van der Waals surface area contributed by atoms with Crippen LogP contribution in [-0.2, 0) is 22.7 Å². The molecule has 2 amide bonds. The van der Waals surface area contributed by atoms with Crippen molar-refractivity contribution < 1.29 is 9.59 Å². The van der Waals surface area contributed by atoms with E-state index in [1.165, 1.54) is 0 Å². The summed E-state index contributed by atoms with van der Waals surface area (Å²) in [6, 6.07) is 14.8.